The van der Waals surface area contributed by atoms with E-state index in [0.717, 1.165) is 37.1 Å². The molecule has 6 atom stereocenters. The van der Waals surface area contributed by atoms with Crippen LogP contribution in [0.3, 0.4) is 0 Å². The third-order valence-corrected chi connectivity index (χ3v) is 9.62. The molecule has 0 unspecified atom stereocenters. The molecule has 2 aromatic rings. The number of allylic oxidation sites excluding steroid dienone is 1. The Kier molecular flexibility index (Phi) is 5.33. The molecule has 0 saturated heterocycles. The van der Waals surface area contributed by atoms with Gasteiger partial charge in [-0.2, -0.15) is 5.10 Å². The molecule has 2 fully saturated rings. The molecule has 5 rings (SSSR count). The largest absolute Gasteiger partial charge is 0.396 e. The van der Waals surface area contributed by atoms with Crippen molar-refractivity contribution in [3.63, 3.8) is 0 Å². The first-order chi connectivity index (χ1) is 15.3. The van der Waals surface area contributed by atoms with Crippen LogP contribution in [-0.4, -0.2) is 28.0 Å². The summed E-state index contributed by atoms with van der Waals surface area (Å²) < 4.78 is 15.6. The number of halogens is 1. The van der Waals surface area contributed by atoms with Crippen LogP contribution in [0.1, 0.15) is 50.8 Å². The van der Waals surface area contributed by atoms with E-state index in [2.05, 4.69) is 26.6 Å². The van der Waals surface area contributed by atoms with Crippen molar-refractivity contribution in [1.82, 2.24) is 9.78 Å². The highest BCUT2D eigenvalue weighted by Gasteiger charge is 2.56. The third kappa shape index (κ3) is 3.19. The summed E-state index contributed by atoms with van der Waals surface area (Å²) in [4.78, 5) is 0. The minimum atomic E-state index is -0.261. The topological polar surface area (TPSA) is 64.1 Å². The molecule has 5 heteroatoms. The fourth-order valence-corrected chi connectivity index (χ4v) is 7.59. The number of hydrogen-bond donors (Lipinski definition) is 2. The number of nitrogens with two attached hydrogens (primary N) is 1. The lowest BCUT2D eigenvalue weighted by molar-refractivity contribution is -0.0536. The molecule has 172 valence electrons. The predicted molar refractivity (Wildman–Crippen MR) is 125 cm³/mol. The molecule has 1 aromatic heterocycles. The van der Waals surface area contributed by atoms with E-state index in [1.54, 1.807) is 10.7 Å². The quantitative estimate of drug-likeness (QED) is 0.683. The van der Waals surface area contributed by atoms with Crippen molar-refractivity contribution in [3.05, 3.63) is 59.7 Å². The van der Waals surface area contributed by atoms with Crippen LogP contribution in [0.4, 0.5) is 4.39 Å². The molecule has 32 heavy (non-hydrogen) atoms. The summed E-state index contributed by atoms with van der Waals surface area (Å²) in [6.45, 7) is 10.0. The van der Waals surface area contributed by atoms with E-state index < -0.39 is 0 Å². The fourth-order valence-electron chi connectivity index (χ4n) is 7.59. The minimum Gasteiger partial charge on any atom is -0.396 e. The van der Waals surface area contributed by atoms with Crippen molar-refractivity contribution in [2.75, 3.05) is 13.2 Å². The van der Waals surface area contributed by atoms with Crippen molar-refractivity contribution in [2.45, 2.75) is 52.4 Å². The normalized spacial score (nSPS) is 36.7. The van der Waals surface area contributed by atoms with Crippen LogP contribution in [0.5, 0.6) is 0 Å². The standard InChI is InChI=1S/C27H36FN3O/c1-17-7-8-23-22(14-29)24(9-10-26(17,23)2)27(3)13-18-15-31(21-6-4-5-20(28)12-21)30-25(18)11-19(27)16-32/h4-6,12,15,19,22-24,32H,1,7-11,13-14,16,29H2,2-3H3/t19-,22-,23+,24+,26-,27-/m1/s1. The lowest BCUT2D eigenvalue weighted by Gasteiger charge is -2.55. The lowest BCUT2D eigenvalue weighted by atomic mass is 9.49. The minimum absolute atomic E-state index is 0.0349. The average molecular weight is 438 g/mol. The molecule has 0 amide bonds. The Labute approximate surface area is 190 Å². The maximum Gasteiger partial charge on any atom is 0.125 e. The van der Waals surface area contributed by atoms with Crippen LogP contribution >= 0.6 is 0 Å². The van der Waals surface area contributed by atoms with Crippen molar-refractivity contribution in [2.24, 2.45) is 40.2 Å². The van der Waals surface area contributed by atoms with Crippen molar-refractivity contribution in [3.8, 4) is 5.69 Å². The first-order valence-corrected chi connectivity index (χ1v) is 12.1. The Morgan fingerprint density at radius 1 is 1.28 bits per heavy atom. The molecule has 0 aliphatic heterocycles. The summed E-state index contributed by atoms with van der Waals surface area (Å²) >= 11 is 0. The number of aliphatic hydroxyl groups excluding tert-OH is 1. The maximum atomic E-state index is 13.8. The van der Waals surface area contributed by atoms with Crippen LogP contribution in [0.2, 0.25) is 0 Å². The Balaban J connectivity index is 1.49. The summed E-state index contributed by atoms with van der Waals surface area (Å²) in [5, 5.41) is 15.2. The summed E-state index contributed by atoms with van der Waals surface area (Å²) in [6.07, 6.45) is 8.32. The molecule has 2 saturated carbocycles. The van der Waals surface area contributed by atoms with Gasteiger partial charge in [0.1, 0.15) is 5.82 Å². The summed E-state index contributed by atoms with van der Waals surface area (Å²) in [5.74, 6) is 1.40. The van der Waals surface area contributed by atoms with E-state index >= 15 is 0 Å². The molecule has 3 aliphatic rings. The monoisotopic (exact) mass is 437 g/mol. The highest BCUT2D eigenvalue weighted by molar-refractivity contribution is 5.35. The van der Waals surface area contributed by atoms with Crippen LogP contribution in [0.25, 0.3) is 5.69 Å². The van der Waals surface area contributed by atoms with E-state index in [1.165, 1.54) is 36.1 Å². The molecule has 0 spiro atoms. The van der Waals surface area contributed by atoms with E-state index in [9.17, 15) is 9.50 Å². The molecule has 4 nitrogen and oxygen atoms in total. The zero-order valence-electron chi connectivity index (χ0n) is 19.4. The molecule has 3 aliphatic carbocycles. The second kappa shape index (κ2) is 7.81. The van der Waals surface area contributed by atoms with E-state index in [1.807, 2.05) is 6.07 Å². The molecule has 0 radical (unpaired) electrons. The molecule has 0 bridgehead atoms. The van der Waals surface area contributed by atoms with Gasteiger partial charge < -0.3 is 10.8 Å². The average Bonchev–Trinajstić information content (AvgIpc) is 3.32. The zero-order chi connectivity index (χ0) is 22.7. The highest BCUT2D eigenvalue weighted by Crippen LogP contribution is 2.62. The van der Waals surface area contributed by atoms with Gasteiger partial charge in [-0.1, -0.05) is 32.1 Å². The lowest BCUT2D eigenvalue weighted by Crippen LogP contribution is -2.53. The first-order valence-electron chi connectivity index (χ1n) is 12.1. The second-order valence-corrected chi connectivity index (χ2v) is 11.0. The van der Waals surface area contributed by atoms with E-state index in [4.69, 9.17) is 10.8 Å². The SMILES string of the molecule is C=C1CC[C@H]2[C@@H](CN)[C@@H]([C@]3(C)Cc4cn(-c5cccc(F)c5)nc4C[C@@H]3CO)CC[C@]12C. The molecule has 1 heterocycles. The zero-order valence-corrected chi connectivity index (χ0v) is 19.4. The van der Waals surface area contributed by atoms with Crippen molar-refractivity contribution < 1.29 is 9.50 Å². The van der Waals surface area contributed by atoms with Gasteiger partial charge in [0, 0.05) is 12.8 Å². The molecule has 3 N–H and O–H groups in total. The van der Waals surface area contributed by atoms with Crippen LogP contribution in [0.15, 0.2) is 42.6 Å². The number of aliphatic hydroxyl groups is 1. The Morgan fingerprint density at radius 2 is 2.09 bits per heavy atom. The summed E-state index contributed by atoms with van der Waals surface area (Å²) in [6, 6.07) is 6.56. The maximum absolute atomic E-state index is 13.8. The van der Waals surface area contributed by atoms with Crippen molar-refractivity contribution >= 4 is 0 Å². The first kappa shape index (κ1) is 21.8. The van der Waals surface area contributed by atoms with Gasteiger partial charge in [-0.05, 0) is 103 Å². The third-order valence-electron chi connectivity index (χ3n) is 9.62. The number of benzene rings is 1. The van der Waals surface area contributed by atoms with E-state index in [0.29, 0.717) is 24.3 Å². The van der Waals surface area contributed by atoms with Gasteiger partial charge in [-0.3, -0.25) is 0 Å². The number of fused-ring (bicyclic) bond motifs is 2. The number of rotatable bonds is 4. The van der Waals surface area contributed by atoms with Crippen molar-refractivity contribution in [1.29, 1.82) is 0 Å². The van der Waals surface area contributed by atoms with E-state index in [-0.39, 0.29) is 29.2 Å². The van der Waals surface area contributed by atoms with Gasteiger partial charge in [0.2, 0.25) is 0 Å². The molecular weight excluding hydrogens is 401 g/mol. The summed E-state index contributed by atoms with van der Waals surface area (Å²) in [5.41, 5.74) is 11.0. The van der Waals surface area contributed by atoms with Gasteiger partial charge >= 0.3 is 0 Å². The summed E-state index contributed by atoms with van der Waals surface area (Å²) in [7, 11) is 0. The van der Waals surface area contributed by atoms with Gasteiger partial charge in [-0.15, -0.1) is 0 Å². The van der Waals surface area contributed by atoms with Crippen LogP contribution < -0.4 is 5.73 Å². The van der Waals surface area contributed by atoms with Gasteiger partial charge in [0.15, 0.2) is 0 Å². The number of nitrogens with zero attached hydrogens (tertiary/aromatic N) is 2. The Hall–Kier alpha value is -1.98. The smallest absolute Gasteiger partial charge is 0.125 e. The number of hydrogen-bond acceptors (Lipinski definition) is 3. The van der Waals surface area contributed by atoms with Gasteiger partial charge in [0.25, 0.3) is 0 Å². The van der Waals surface area contributed by atoms with Gasteiger partial charge in [0.05, 0.1) is 11.4 Å². The highest BCUT2D eigenvalue weighted by atomic mass is 19.1. The second-order valence-electron chi connectivity index (χ2n) is 11.0. The molecular formula is C27H36FN3O. The van der Waals surface area contributed by atoms with Crippen LogP contribution in [-0.2, 0) is 12.8 Å². The Bertz CT molecular complexity index is 1030. The van der Waals surface area contributed by atoms with Crippen LogP contribution in [0, 0.1) is 40.3 Å². The number of aromatic nitrogens is 2. The molecule has 1 aromatic carbocycles. The Morgan fingerprint density at radius 3 is 2.81 bits per heavy atom. The predicted octanol–water partition coefficient (Wildman–Crippen LogP) is 4.68. The van der Waals surface area contributed by atoms with Gasteiger partial charge in [-0.25, -0.2) is 9.07 Å². The fraction of sp³-hybridized carbons (Fsp3) is 0.593.